The summed E-state index contributed by atoms with van der Waals surface area (Å²) >= 11 is 0. The molecule has 0 radical (unpaired) electrons. The third kappa shape index (κ3) is 24.1. The lowest BCUT2D eigenvalue weighted by atomic mass is 10.0. The molecule has 5 heteroatoms. The van der Waals surface area contributed by atoms with Crippen LogP contribution >= 0.6 is 0 Å². The number of rotatable bonds is 34. The van der Waals surface area contributed by atoms with Gasteiger partial charge in [0, 0.05) is 36.9 Å². The van der Waals surface area contributed by atoms with E-state index in [2.05, 4.69) is 26.0 Å². The van der Waals surface area contributed by atoms with Crippen LogP contribution in [0.5, 0.6) is 11.5 Å². The summed E-state index contributed by atoms with van der Waals surface area (Å²) in [6, 6.07) is 2.98. The molecule has 288 valence electrons. The third-order valence-corrected chi connectivity index (χ3v) is 10.0. The number of ether oxygens (including phenoxy) is 1. The van der Waals surface area contributed by atoms with E-state index >= 15 is 0 Å². The first-order valence-corrected chi connectivity index (χ1v) is 21.6. The average molecular weight is 705 g/mol. The molecule has 51 heavy (non-hydrogen) atoms. The number of hydrogen-bond acceptors (Lipinski definition) is 3. The van der Waals surface area contributed by atoms with E-state index in [1.54, 1.807) is 24.8 Å². The number of nitrogens with zero attached hydrogens (tertiary/aromatic N) is 2. The van der Waals surface area contributed by atoms with Gasteiger partial charge in [-0.3, -0.25) is 9.59 Å². The molecule has 0 aliphatic heterocycles. The summed E-state index contributed by atoms with van der Waals surface area (Å²) in [5.41, 5.74) is -0.482. The molecule has 0 atom stereocenters. The molecule has 0 bridgehead atoms. The molecule has 0 unspecified atom stereocenters. The van der Waals surface area contributed by atoms with Crippen molar-refractivity contribution in [3.05, 3.63) is 69.5 Å². The predicted octanol–water partition coefficient (Wildman–Crippen LogP) is 14.5. The fraction of sp³-hybridized carbons (Fsp3) is 0.696. The number of allylic oxidation sites excluding steroid dienone is 2. The molecule has 0 aliphatic carbocycles. The van der Waals surface area contributed by atoms with Gasteiger partial charge in [0.25, 0.3) is 0 Å². The van der Waals surface area contributed by atoms with Crippen LogP contribution in [0.1, 0.15) is 206 Å². The Morgan fingerprint density at radius 1 is 0.431 bits per heavy atom. The van der Waals surface area contributed by atoms with Crippen molar-refractivity contribution < 1.29 is 4.74 Å². The molecule has 0 amide bonds. The zero-order valence-electron chi connectivity index (χ0n) is 33.1. The van der Waals surface area contributed by atoms with E-state index < -0.39 is 0 Å². The largest absolute Gasteiger partial charge is 0.446 e. The van der Waals surface area contributed by atoms with Crippen LogP contribution in [0, 0.1) is 0 Å². The maximum atomic E-state index is 12.5. The highest BCUT2D eigenvalue weighted by molar-refractivity contribution is 5.34. The zero-order chi connectivity index (χ0) is 36.5. The van der Waals surface area contributed by atoms with Gasteiger partial charge in [-0.05, 0) is 25.7 Å². The van der Waals surface area contributed by atoms with Crippen molar-refractivity contribution in [3.8, 4) is 11.5 Å². The molecule has 2 aromatic rings. The van der Waals surface area contributed by atoms with Gasteiger partial charge in [-0.15, -0.1) is 0 Å². The van der Waals surface area contributed by atoms with Crippen LogP contribution in [0.2, 0.25) is 0 Å². The fourth-order valence-corrected chi connectivity index (χ4v) is 6.72. The minimum absolute atomic E-state index is 0.153. The first-order chi connectivity index (χ1) is 25.1. The smallest absolute Gasteiger partial charge is 0.224 e. The Bertz CT molecular complexity index is 1180. The SMILES string of the molecule is CCCCCCCCCCCCCCCCC=Cn1ccc(=O)c(Oc2cn(C=CCCCCCCCCCCCCCCCC)ccc2=O)c1. The van der Waals surface area contributed by atoms with Crippen molar-refractivity contribution in [2.75, 3.05) is 0 Å². The maximum absolute atomic E-state index is 12.5. The molecule has 2 aromatic heterocycles. The Balaban J connectivity index is 1.58. The van der Waals surface area contributed by atoms with Crippen LogP contribution in [0.3, 0.4) is 0 Å². The van der Waals surface area contributed by atoms with E-state index in [9.17, 15) is 9.59 Å². The van der Waals surface area contributed by atoms with Gasteiger partial charge >= 0.3 is 0 Å². The van der Waals surface area contributed by atoms with Crippen molar-refractivity contribution in [1.29, 1.82) is 0 Å². The topological polar surface area (TPSA) is 53.2 Å². The Morgan fingerprint density at radius 3 is 1.00 bits per heavy atom. The Morgan fingerprint density at radius 2 is 0.706 bits per heavy atom. The van der Waals surface area contributed by atoms with Crippen molar-refractivity contribution in [2.45, 2.75) is 206 Å². The second kappa shape index (κ2) is 31.9. The van der Waals surface area contributed by atoms with Crippen LogP contribution in [0.15, 0.2) is 58.7 Å². The van der Waals surface area contributed by atoms with E-state index in [0.29, 0.717) is 0 Å². The van der Waals surface area contributed by atoms with Crippen LogP contribution < -0.4 is 15.6 Å². The highest BCUT2D eigenvalue weighted by Gasteiger charge is 2.07. The van der Waals surface area contributed by atoms with Gasteiger partial charge in [0.1, 0.15) is 0 Å². The van der Waals surface area contributed by atoms with Crippen molar-refractivity contribution in [3.63, 3.8) is 0 Å². The molecule has 0 N–H and O–H groups in total. The monoisotopic (exact) mass is 705 g/mol. The van der Waals surface area contributed by atoms with Gasteiger partial charge < -0.3 is 13.9 Å². The Kier molecular flexibility index (Phi) is 27.7. The fourth-order valence-electron chi connectivity index (χ4n) is 6.72. The minimum atomic E-state index is -0.241. The quantitative estimate of drug-likeness (QED) is 0.0682. The van der Waals surface area contributed by atoms with E-state index in [-0.39, 0.29) is 22.4 Å². The Labute approximate surface area is 313 Å². The molecule has 0 aromatic carbocycles. The maximum Gasteiger partial charge on any atom is 0.224 e. The first-order valence-electron chi connectivity index (χ1n) is 21.6. The number of hydrogen-bond donors (Lipinski definition) is 0. The van der Waals surface area contributed by atoms with E-state index in [4.69, 9.17) is 4.74 Å². The van der Waals surface area contributed by atoms with Gasteiger partial charge in [0.05, 0.1) is 12.4 Å². The summed E-state index contributed by atoms with van der Waals surface area (Å²) in [5, 5.41) is 0. The molecule has 2 heterocycles. The third-order valence-electron chi connectivity index (χ3n) is 10.0. The van der Waals surface area contributed by atoms with Crippen molar-refractivity contribution in [2.24, 2.45) is 0 Å². The molecule has 2 rings (SSSR count). The van der Waals surface area contributed by atoms with Gasteiger partial charge in [-0.1, -0.05) is 193 Å². The molecule has 0 fully saturated rings. The molecule has 0 spiro atoms. The van der Waals surface area contributed by atoms with Gasteiger partial charge in [0.2, 0.25) is 10.9 Å². The standard InChI is InChI=1S/C46H76N2O3/c1-3-5-7-9-11-13-15-17-19-21-23-25-27-29-31-33-37-47-39-35-43(49)45(41-47)51-46-42-48(40-36-44(46)50)38-34-32-30-28-26-24-22-20-18-16-14-12-10-8-6-4-2/h33-42H,3-32H2,1-2H3. The molecular weight excluding hydrogens is 629 g/mol. The second-order valence-electron chi connectivity index (χ2n) is 14.9. The van der Waals surface area contributed by atoms with Crippen molar-refractivity contribution in [1.82, 2.24) is 9.13 Å². The summed E-state index contributed by atoms with van der Waals surface area (Å²) in [6.07, 6.45) is 55.2. The summed E-state index contributed by atoms with van der Waals surface area (Å²) in [5.74, 6) is 0.305. The van der Waals surface area contributed by atoms with Gasteiger partial charge in [-0.2, -0.15) is 0 Å². The molecule has 5 nitrogen and oxygen atoms in total. The number of unbranched alkanes of at least 4 members (excludes halogenated alkanes) is 28. The average Bonchev–Trinajstić information content (AvgIpc) is 3.13. The van der Waals surface area contributed by atoms with Crippen LogP contribution in [-0.4, -0.2) is 9.13 Å². The first kappa shape index (κ1) is 44.3. The molecule has 0 saturated heterocycles. The second-order valence-corrected chi connectivity index (χ2v) is 14.9. The Hall–Kier alpha value is -2.82. The van der Waals surface area contributed by atoms with E-state index in [1.165, 1.54) is 192 Å². The summed E-state index contributed by atoms with van der Waals surface area (Å²) < 4.78 is 9.52. The number of pyridine rings is 2. The lowest BCUT2D eigenvalue weighted by Gasteiger charge is -2.08. The molecule has 0 aliphatic rings. The summed E-state index contributed by atoms with van der Waals surface area (Å²) in [7, 11) is 0. The molecular formula is C46H76N2O3. The minimum Gasteiger partial charge on any atom is -0.446 e. The highest BCUT2D eigenvalue weighted by atomic mass is 16.5. The van der Waals surface area contributed by atoms with Crippen LogP contribution in [0.25, 0.3) is 12.4 Å². The zero-order valence-corrected chi connectivity index (χ0v) is 33.1. The van der Waals surface area contributed by atoms with Gasteiger partial charge in [-0.25, -0.2) is 0 Å². The van der Waals surface area contributed by atoms with Crippen LogP contribution in [-0.2, 0) is 0 Å². The lowest BCUT2D eigenvalue weighted by Crippen LogP contribution is -2.11. The summed E-state index contributed by atoms with van der Waals surface area (Å²) in [6.45, 7) is 4.56. The lowest BCUT2D eigenvalue weighted by molar-refractivity contribution is 0.466. The predicted molar refractivity (Wildman–Crippen MR) is 222 cm³/mol. The van der Waals surface area contributed by atoms with E-state index in [0.717, 1.165) is 12.8 Å². The number of aromatic nitrogens is 2. The molecule has 0 saturated carbocycles. The normalized spacial score (nSPS) is 11.7. The van der Waals surface area contributed by atoms with Crippen molar-refractivity contribution >= 4 is 12.4 Å². The highest BCUT2D eigenvalue weighted by Crippen LogP contribution is 2.17. The summed E-state index contributed by atoms with van der Waals surface area (Å²) in [4.78, 5) is 25.1. The van der Waals surface area contributed by atoms with E-state index in [1.807, 2.05) is 21.5 Å². The van der Waals surface area contributed by atoms with Crippen LogP contribution in [0.4, 0.5) is 0 Å². The van der Waals surface area contributed by atoms with Gasteiger partial charge in [0.15, 0.2) is 11.5 Å².